The number of amides is 2. The maximum Gasteiger partial charge on any atom is 0.315 e. The van der Waals surface area contributed by atoms with Gasteiger partial charge < -0.3 is 74.1 Å². The van der Waals surface area contributed by atoms with Gasteiger partial charge in [-0.25, -0.2) is 19.3 Å². The number of hydrogen-bond donors (Lipinski definition) is 6. The summed E-state index contributed by atoms with van der Waals surface area (Å²) in [6, 6.07) is 0. The lowest BCUT2D eigenvalue weighted by molar-refractivity contribution is -0.347. The van der Waals surface area contributed by atoms with E-state index in [0.29, 0.717) is 11.8 Å². The number of nitrogens with zero attached hydrogens (tertiary/aromatic N) is 4. The lowest BCUT2D eigenvalue weighted by Crippen LogP contribution is -2.46. The third-order valence-corrected chi connectivity index (χ3v) is 11.7. The van der Waals surface area contributed by atoms with Crippen molar-refractivity contribution in [1.82, 2.24) is 30.2 Å². The number of rotatable bonds is 23. The van der Waals surface area contributed by atoms with Crippen molar-refractivity contribution in [2.45, 2.75) is 57.3 Å². The second-order valence-corrected chi connectivity index (χ2v) is 17.7. The summed E-state index contributed by atoms with van der Waals surface area (Å²) in [5, 5.41) is 34.5. The number of aliphatic carboxylic acids is 1. The fourth-order valence-corrected chi connectivity index (χ4v) is 8.36. The average Bonchev–Trinajstić information content (AvgIpc) is 3.66. The highest BCUT2D eigenvalue weighted by molar-refractivity contribution is 8.13. The Labute approximate surface area is 327 Å². The number of aliphatic hydroxyl groups excluding tert-OH is 2. The van der Waals surface area contributed by atoms with Crippen LogP contribution in [0, 0.1) is 11.3 Å². The van der Waals surface area contributed by atoms with Gasteiger partial charge >= 0.3 is 5.97 Å². The molecule has 2 aromatic rings. The van der Waals surface area contributed by atoms with Gasteiger partial charge in [0, 0.05) is 30.7 Å². The monoisotopic (exact) mass is 889 g/mol. The molecule has 2 amide bonds. The van der Waals surface area contributed by atoms with E-state index in [9.17, 15) is 62.7 Å². The number of nitrogens with two attached hydrogens (primary N) is 1. The zero-order valence-electron chi connectivity index (χ0n) is 29.8. The Kier molecular flexibility index (Phi) is 17.0. The fraction of sp³-hybridized carbons (Fsp3) is 0.593. The summed E-state index contributed by atoms with van der Waals surface area (Å²) in [4.78, 5) is 107. The highest BCUT2D eigenvalue weighted by Crippen LogP contribution is 2.56. The summed E-state index contributed by atoms with van der Waals surface area (Å²) in [7, 11) is -17.7. The summed E-state index contributed by atoms with van der Waals surface area (Å²) in [6.45, 7) is 3.08. The van der Waals surface area contributed by atoms with Crippen LogP contribution >= 0.6 is 35.2 Å². The minimum atomic E-state index is -5.94. The summed E-state index contributed by atoms with van der Waals surface area (Å²) in [6.07, 6.45) is -6.59. The minimum Gasteiger partial charge on any atom is -0.790 e. The molecule has 0 aromatic carbocycles. The predicted molar refractivity (Wildman–Crippen MR) is 184 cm³/mol. The van der Waals surface area contributed by atoms with Crippen LogP contribution < -0.4 is 35.9 Å². The molecule has 0 radical (unpaired) electrons. The van der Waals surface area contributed by atoms with Crippen LogP contribution in [0.3, 0.4) is 0 Å². The van der Waals surface area contributed by atoms with Crippen molar-refractivity contribution in [1.29, 1.82) is 0 Å². The van der Waals surface area contributed by atoms with Crippen molar-refractivity contribution in [3.05, 3.63) is 25.3 Å². The van der Waals surface area contributed by atoms with Crippen LogP contribution in [0.5, 0.6) is 0 Å². The van der Waals surface area contributed by atoms with Crippen molar-refractivity contribution in [2.75, 3.05) is 37.8 Å². The second-order valence-electron chi connectivity index (χ2n) is 12.6. The maximum absolute atomic E-state index is 12.5. The van der Waals surface area contributed by atoms with Gasteiger partial charge in [-0.05, 0) is 6.42 Å². The predicted octanol–water partition coefficient (Wildman–Crippen LogP) is -3.59. The van der Waals surface area contributed by atoms with Gasteiger partial charge in [-0.15, -0.1) is 6.58 Å². The summed E-state index contributed by atoms with van der Waals surface area (Å²) in [5.74, 6) is -4.25. The number of carboxylic acids is 1. The van der Waals surface area contributed by atoms with Crippen LogP contribution in [0.4, 0.5) is 5.82 Å². The van der Waals surface area contributed by atoms with Gasteiger partial charge in [0.15, 0.2) is 17.7 Å². The Bertz CT molecular complexity index is 1930. The number of hydrogen-bond acceptors (Lipinski definition) is 23. The number of carbonyl (C=O) groups is 4. The molecule has 3 heterocycles. The molecule has 26 nitrogen and oxygen atoms in total. The standard InChI is InChI=1S/C27H42N7O19P3S/c1-4-5-14(25(39)40)26(41)57-9-8-29-16(35)6-7-30-23(38)20(37)27(2,3)11-50-56(47,48)53-55(45,46)49-10-15-19(52-54(42,43)44)18(36)24(51-15)34-13-33-17-21(28)31-12-32-22(17)34/h4,12-15,18-20,24,36-37H,1,5-11H2,2-3H3,(H,29,35)(H,30,38)(H,39,40)(H,45,46)(H,47,48)(H2,28,31,32)(H2,42,43,44)/p-4. The van der Waals surface area contributed by atoms with Crippen molar-refractivity contribution in [3.8, 4) is 0 Å². The average molecular weight is 890 g/mol. The Balaban J connectivity index is 1.49. The molecule has 0 aliphatic carbocycles. The first-order valence-corrected chi connectivity index (χ1v) is 21.6. The van der Waals surface area contributed by atoms with Crippen molar-refractivity contribution < 1.29 is 90.4 Å². The van der Waals surface area contributed by atoms with E-state index in [1.165, 1.54) is 6.08 Å². The molecule has 2 aromatic heterocycles. The first-order chi connectivity index (χ1) is 26.4. The van der Waals surface area contributed by atoms with Crippen LogP contribution in [-0.4, -0.2) is 114 Å². The number of phosphoric ester groups is 3. The number of aromatic nitrogens is 4. The molecule has 1 fully saturated rings. The molecule has 1 aliphatic rings. The van der Waals surface area contributed by atoms with E-state index in [1.807, 2.05) is 0 Å². The Morgan fingerprint density at radius 3 is 2.40 bits per heavy atom. The van der Waals surface area contributed by atoms with E-state index in [4.69, 9.17) is 15.6 Å². The van der Waals surface area contributed by atoms with Gasteiger partial charge in [0.2, 0.25) is 16.9 Å². The number of fused-ring (bicyclic) bond motifs is 1. The summed E-state index contributed by atoms with van der Waals surface area (Å²) >= 11 is 0.706. The van der Waals surface area contributed by atoms with Gasteiger partial charge in [-0.2, -0.15) is 0 Å². The lowest BCUT2D eigenvalue weighted by Gasteiger charge is -2.36. The first-order valence-electron chi connectivity index (χ1n) is 16.2. The molecule has 320 valence electrons. The highest BCUT2D eigenvalue weighted by atomic mass is 32.2. The molecule has 0 saturated carbocycles. The van der Waals surface area contributed by atoms with Gasteiger partial charge in [-0.1, -0.05) is 31.7 Å². The third kappa shape index (κ3) is 14.2. The number of nitrogens with one attached hydrogen (secondary N) is 2. The largest absolute Gasteiger partial charge is 0.790 e. The zero-order chi connectivity index (χ0) is 42.9. The third-order valence-electron chi connectivity index (χ3n) is 7.71. The number of nitrogen functional groups attached to an aromatic ring is 1. The molecule has 8 unspecified atom stereocenters. The van der Waals surface area contributed by atoms with E-state index in [2.05, 4.69) is 50.0 Å². The molecule has 0 bridgehead atoms. The molecule has 30 heteroatoms. The Hall–Kier alpha value is -3.23. The number of ether oxygens (including phenoxy) is 1. The van der Waals surface area contributed by atoms with E-state index in [0.717, 1.165) is 31.1 Å². The van der Waals surface area contributed by atoms with E-state index in [1.54, 1.807) is 0 Å². The Morgan fingerprint density at radius 1 is 1.11 bits per heavy atom. The molecule has 8 atom stereocenters. The first kappa shape index (κ1) is 48.1. The smallest absolute Gasteiger partial charge is 0.315 e. The van der Waals surface area contributed by atoms with Crippen LogP contribution in [0.2, 0.25) is 0 Å². The number of carboxylic acid groups (broad SMARTS) is 1. The maximum atomic E-state index is 12.5. The number of imidazole rings is 1. The lowest BCUT2D eigenvalue weighted by atomic mass is 9.87. The van der Waals surface area contributed by atoms with Gasteiger partial charge in [-0.3, -0.25) is 32.9 Å². The zero-order valence-corrected chi connectivity index (χ0v) is 33.3. The fourth-order valence-electron chi connectivity index (χ4n) is 4.82. The molecule has 1 saturated heterocycles. The minimum absolute atomic E-state index is 0.00939. The SMILES string of the molecule is C=CCC(C(=O)O)C(=O)SCCNC(=O)CCNC(=O)C(O)C(C)(C)COP(=O)([O-])OP(=O)([O-])OCC1OC(n2cnc3c(N)ncnc32)C(O)C1OP(=O)([O-])[O-]. The van der Waals surface area contributed by atoms with Crippen LogP contribution in [-0.2, 0) is 55.5 Å². The topological polar surface area (TPSA) is 412 Å². The van der Waals surface area contributed by atoms with Crippen molar-refractivity contribution in [3.63, 3.8) is 0 Å². The van der Waals surface area contributed by atoms with Crippen LogP contribution in [0.15, 0.2) is 25.3 Å². The number of carbonyl (C=O) groups excluding carboxylic acids is 3. The molecule has 0 spiro atoms. The number of anilines is 1. The molecular formula is C27H38N7O19P3S-4. The molecular weight excluding hydrogens is 851 g/mol. The quantitative estimate of drug-likeness (QED) is 0.0272. The van der Waals surface area contributed by atoms with Crippen LogP contribution in [0.1, 0.15) is 32.9 Å². The number of allylic oxidation sites excluding steroid dienone is 1. The van der Waals surface area contributed by atoms with E-state index in [-0.39, 0.29) is 48.7 Å². The molecule has 1 aliphatic heterocycles. The second kappa shape index (κ2) is 20.2. The Morgan fingerprint density at radius 2 is 1.77 bits per heavy atom. The van der Waals surface area contributed by atoms with Crippen molar-refractivity contribution in [2.24, 2.45) is 11.3 Å². The van der Waals surface area contributed by atoms with E-state index < -0.39 is 102 Å². The summed E-state index contributed by atoms with van der Waals surface area (Å²) in [5.41, 5.74) is 3.99. The van der Waals surface area contributed by atoms with E-state index >= 15 is 0 Å². The van der Waals surface area contributed by atoms with Gasteiger partial charge in [0.1, 0.15) is 42.2 Å². The number of phosphoric acid groups is 3. The summed E-state index contributed by atoms with van der Waals surface area (Å²) < 4.78 is 60.3. The van der Waals surface area contributed by atoms with Gasteiger partial charge in [0.25, 0.3) is 15.6 Å². The van der Waals surface area contributed by atoms with Crippen LogP contribution in [0.25, 0.3) is 11.2 Å². The molecule has 57 heavy (non-hydrogen) atoms. The molecule has 3 rings (SSSR count). The van der Waals surface area contributed by atoms with Gasteiger partial charge in [0.05, 0.1) is 27.4 Å². The number of aliphatic hydroxyl groups is 2. The normalized spacial score (nSPS) is 21.9. The highest BCUT2D eigenvalue weighted by Gasteiger charge is 2.47. The van der Waals surface area contributed by atoms with Crippen molar-refractivity contribution >= 4 is 75.1 Å². The molecule has 7 N–H and O–H groups in total. The number of thioether (sulfide) groups is 1.